The topological polar surface area (TPSA) is 50.9 Å². The first-order valence-corrected chi connectivity index (χ1v) is 18.1. The molecule has 0 unspecified atom stereocenters. The van der Waals surface area contributed by atoms with E-state index < -0.39 is 47.8 Å². The van der Waals surface area contributed by atoms with Gasteiger partial charge in [-0.2, -0.15) is 0 Å². The summed E-state index contributed by atoms with van der Waals surface area (Å²) in [5.74, 6) is 0.692. The third-order valence-corrected chi connectivity index (χ3v) is 9.91. The molecular formula is C50H45N3O. The molecule has 6 aromatic carbocycles. The molecule has 4 nitrogen and oxygen atoms in total. The predicted molar refractivity (Wildman–Crippen MR) is 225 cm³/mol. The molecule has 0 aliphatic carbocycles. The van der Waals surface area contributed by atoms with Crippen molar-refractivity contribution in [2.45, 2.75) is 53.4 Å². The molecule has 0 fully saturated rings. The molecular weight excluding hydrogens is 659 g/mol. The first-order chi connectivity index (χ1) is 29.4. The van der Waals surface area contributed by atoms with E-state index in [-0.39, 0.29) is 28.6 Å². The second kappa shape index (κ2) is 13.9. The quantitative estimate of drug-likeness (QED) is 0.179. The lowest BCUT2D eigenvalue weighted by molar-refractivity contribution is 0.472. The molecule has 8 rings (SSSR count). The van der Waals surface area contributed by atoms with E-state index in [1.807, 2.05) is 74.5 Å². The average molecular weight is 712 g/mol. The fraction of sp³-hybridized carbons (Fsp3) is 0.160. The van der Waals surface area contributed by atoms with Crippen LogP contribution in [0.15, 0.2) is 146 Å². The number of fused-ring (bicyclic) bond motifs is 1. The van der Waals surface area contributed by atoms with Crippen LogP contribution < -0.4 is 0 Å². The highest BCUT2D eigenvalue weighted by molar-refractivity contribution is 5.97. The lowest BCUT2D eigenvalue weighted by Crippen LogP contribution is -2.11. The number of aromatic nitrogens is 3. The largest absolute Gasteiger partial charge is 0.507 e. The zero-order chi connectivity index (χ0) is 44.5. The molecule has 8 aromatic rings. The van der Waals surface area contributed by atoms with Crippen LogP contribution in [0.1, 0.15) is 60.9 Å². The third kappa shape index (κ3) is 6.49. The van der Waals surface area contributed by atoms with Crippen LogP contribution in [0.4, 0.5) is 0 Å². The van der Waals surface area contributed by atoms with Crippen LogP contribution in [-0.4, -0.2) is 19.6 Å². The van der Waals surface area contributed by atoms with Crippen LogP contribution in [0.5, 0.6) is 5.75 Å². The van der Waals surface area contributed by atoms with Crippen molar-refractivity contribution in [1.82, 2.24) is 14.5 Å². The summed E-state index contributed by atoms with van der Waals surface area (Å²) in [4.78, 5) is 9.78. The predicted octanol–water partition coefficient (Wildman–Crippen LogP) is 12.9. The number of hydrogen-bond donors (Lipinski definition) is 1. The van der Waals surface area contributed by atoms with Crippen molar-refractivity contribution in [2.75, 3.05) is 0 Å². The van der Waals surface area contributed by atoms with Crippen molar-refractivity contribution in [3.63, 3.8) is 0 Å². The lowest BCUT2D eigenvalue weighted by Gasteiger charge is -2.22. The van der Waals surface area contributed by atoms with Crippen LogP contribution in [-0.2, 0) is 11.8 Å². The Kier molecular flexibility index (Phi) is 6.84. The number of pyridine rings is 1. The minimum absolute atomic E-state index is 0.0318. The fourth-order valence-electron chi connectivity index (χ4n) is 7.12. The van der Waals surface area contributed by atoms with E-state index in [1.54, 1.807) is 0 Å². The summed E-state index contributed by atoms with van der Waals surface area (Å²) < 4.78 is 71.1. The molecule has 2 aromatic heterocycles. The third-order valence-electron chi connectivity index (χ3n) is 9.91. The van der Waals surface area contributed by atoms with E-state index in [4.69, 9.17) is 14.6 Å². The number of phenolic OH excluding ortho intramolecular Hbond substituents is 1. The van der Waals surface area contributed by atoms with E-state index in [1.165, 1.54) is 0 Å². The van der Waals surface area contributed by atoms with Gasteiger partial charge < -0.3 is 5.11 Å². The zero-order valence-electron chi connectivity index (χ0n) is 39.2. The van der Waals surface area contributed by atoms with Gasteiger partial charge in [0.1, 0.15) is 11.6 Å². The van der Waals surface area contributed by atoms with Gasteiger partial charge in [-0.05, 0) is 124 Å². The smallest absolute Gasteiger partial charge is 0.149 e. The van der Waals surface area contributed by atoms with E-state index in [2.05, 4.69) is 73.6 Å². The summed E-state index contributed by atoms with van der Waals surface area (Å²) in [5.41, 5.74) is 9.88. The molecule has 1 N–H and O–H groups in total. The molecule has 4 heteroatoms. The molecule has 0 radical (unpaired) electrons. The van der Waals surface area contributed by atoms with Crippen molar-refractivity contribution < 1.29 is 16.1 Å². The molecule has 0 bridgehead atoms. The van der Waals surface area contributed by atoms with Crippen LogP contribution in [0.25, 0.3) is 72.7 Å². The van der Waals surface area contributed by atoms with Gasteiger partial charge in [-0.25, -0.2) is 4.98 Å². The summed E-state index contributed by atoms with van der Waals surface area (Å²) >= 11 is 0. The molecule has 54 heavy (non-hydrogen) atoms. The van der Waals surface area contributed by atoms with Gasteiger partial charge in [-0.3, -0.25) is 9.55 Å². The molecule has 0 atom stereocenters. The number of hydrogen-bond acceptors (Lipinski definition) is 3. The number of imidazole rings is 1. The fourth-order valence-corrected chi connectivity index (χ4v) is 7.12. The first-order valence-electron chi connectivity index (χ1n) is 22.1. The Hall–Kier alpha value is -6.26. The van der Waals surface area contributed by atoms with Gasteiger partial charge >= 0.3 is 0 Å². The molecule has 0 aliphatic heterocycles. The maximum atomic E-state index is 11.6. The minimum Gasteiger partial charge on any atom is -0.507 e. The lowest BCUT2D eigenvalue weighted by atomic mass is 9.83. The number of phenols is 1. The number of benzene rings is 6. The molecule has 0 saturated carbocycles. The molecule has 266 valence electrons. The second-order valence-corrected chi connectivity index (χ2v) is 14.7. The Morgan fingerprint density at radius 3 is 2.24 bits per heavy atom. The Bertz CT molecular complexity index is 3090. The number of rotatable bonds is 7. The number of aromatic hydroxyl groups is 1. The Balaban J connectivity index is 1.41. The van der Waals surface area contributed by atoms with Crippen LogP contribution >= 0.6 is 0 Å². The van der Waals surface area contributed by atoms with Crippen LogP contribution in [0, 0.1) is 13.8 Å². The van der Waals surface area contributed by atoms with Crippen LogP contribution in [0.2, 0.25) is 0 Å². The molecule has 0 amide bonds. The monoisotopic (exact) mass is 711 g/mol. The van der Waals surface area contributed by atoms with E-state index in [0.717, 1.165) is 62.1 Å². The van der Waals surface area contributed by atoms with Crippen LogP contribution in [0.3, 0.4) is 0 Å². The maximum absolute atomic E-state index is 11.6. The number of aryl methyl sites for hydroxylation is 3. The van der Waals surface area contributed by atoms with Gasteiger partial charge in [0.2, 0.25) is 0 Å². The van der Waals surface area contributed by atoms with Gasteiger partial charge in [-0.1, -0.05) is 119 Å². The average Bonchev–Trinajstić information content (AvgIpc) is 3.65. The Labute approximate surface area is 329 Å². The van der Waals surface area contributed by atoms with Gasteiger partial charge in [0.25, 0.3) is 0 Å². The Morgan fingerprint density at radius 1 is 0.704 bits per heavy atom. The number of nitrogens with zero attached hydrogens (tertiary/aromatic N) is 3. The summed E-state index contributed by atoms with van der Waals surface area (Å²) in [6.45, 7) is 12.2. The first kappa shape index (κ1) is 26.5. The zero-order valence-corrected chi connectivity index (χ0v) is 31.2. The second-order valence-electron chi connectivity index (χ2n) is 14.7. The number of para-hydroxylation sites is 1. The SMILES string of the molecule is [2H]c1nc(-c2cc(-c3cccc4c3nc(-c3cc(C)cc(C)c3O)n4-c3ccc(-c4ccccc4)c(CC)c3)cc(C(C)(C)C)c2)c([2H])c(-c2c([2H])c([2H])c([2H])c([2H])c2[2H])c1[2H]. The van der Waals surface area contributed by atoms with Gasteiger partial charge in [0, 0.05) is 23.0 Å². The highest BCUT2D eigenvalue weighted by Gasteiger charge is 2.23. The van der Waals surface area contributed by atoms with Crippen molar-refractivity contribution in [2.24, 2.45) is 0 Å². The summed E-state index contributed by atoms with van der Waals surface area (Å²) in [6, 6.07) is 28.6. The minimum atomic E-state index is -0.596. The molecule has 0 aliphatic rings. The van der Waals surface area contributed by atoms with E-state index >= 15 is 0 Å². The molecule has 0 saturated heterocycles. The highest BCUT2D eigenvalue weighted by Crippen LogP contribution is 2.41. The maximum Gasteiger partial charge on any atom is 0.149 e. The standard InChI is InChI=1S/C50H45N3O/c1-7-34-30-41(21-22-42(34)36-17-12-9-13-18-36)53-46-20-14-19-43(47(46)52-49(53)44-26-32(2)25-33(3)48(44)54)38-27-39(29-40(28-38)50(4,5)6)45-31-37(23-24-51-45)35-15-10-8-11-16-35/h8-31,54H,7H2,1-6H3/i8D,10D,11D,15D,16D,23D,24D,31D. The molecule has 2 heterocycles. The van der Waals surface area contributed by atoms with Crippen molar-refractivity contribution >= 4 is 11.0 Å². The summed E-state index contributed by atoms with van der Waals surface area (Å²) in [7, 11) is 0. The van der Waals surface area contributed by atoms with E-state index in [9.17, 15) is 6.48 Å². The van der Waals surface area contributed by atoms with Gasteiger partial charge in [0.05, 0.1) is 33.3 Å². The normalized spacial score (nSPS) is 13.7. The molecule has 0 spiro atoms. The summed E-state index contributed by atoms with van der Waals surface area (Å²) in [5, 5.41) is 11.6. The van der Waals surface area contributed by atoms with Gasteiger partial charge in [0.15, 0.2) is 0 Å². The van der Waals surface area contributed by atoms with E-state index in [0.29, 0.717) is 22.5 Å². The Morgan fingerprint density at radius 2 is 1.48 bits per heavy atom. The summed E-state index contributed by atoms with van der Waals surface area (Å²) in [6.07, 6.45) is 0.289. The van der Waals surface area contributed by atoms with Gasteiger partial charge in [-0.15, -0.1) is 0 Å². The van der Waals surface area contributed by atoms with Crippen molar-refractivity contribution in [3.05, 3.63) is 168 Å². The highest BCUT2D eigenvalue weighted by atomic mass is 16.3. The van der Waals surface area contributed by atoms with Crippen molar-refractivity contribution in [1.29, 1.82) is 0 Å². The van der Waals surface area contributed by atoms with Crippen molar-refractivity contribution in [3.8, 4) is 67.5 Å².